The molecule has 0 atom stereocenters. The van der Waals surface area contributed by atoms with Crippen LogP contribution in [0.15, 0.2) is 12.1 Å². The summed E-state index contributed by atoms with van der Waals surface area (Å²) in [6.07, 6.45) is 0. The molecule has 1 aromatic carbocycles. The SMILES string of the molecule is Cc1cc(C)c(-c2nc(C)nc(Cl)c2C)c(F)c1. The van der Waals surface area contributed by atoms with Crippen molar-refractivity contribution in [3.8, 4) is 11.3 Å². The first kappa shape index (κ1) is 13.0. The van der Waals surface area contributed by atoms with Crippen molar-refractivity contribution in [3.05, 3.63) is 45.6 Å². The van der Waals surface area contributed by atoms with Gasteiger partial charge in [-0.15, -0.1) is 0 Å². The molecule has 0 unspecified atom stereocenters. The number of aromatic nitrogens is 2. The zero-order chi connectivity index (χ0) is 13.4. The Hall–Kier alpha value is -1.48. The zero-order valence-corrected chi connectivity index (χ0v) is 11.6. The van der Waals surface area contributed by atoms with E-state index in [1.165, 1.54) is 6.07 Å². The van der Waals surface area contributed by atoms with Gasteiger partial charge in [-0.1, -0.05) is 17.7 Å². The maximum atomic E-state index is 14.1. The molecule has 0 radical (unpaired) electrons. The molecule has 1 aromatic heterocycles. The van der Waals surface area contributed by atoms with Crippen LogP contribution in [-0.4, -0.2) is 9.97 Å². The van der Waals surface area contributed by atoms with Gasteiger partial charge in [0.1, 0.15) is 16.8 Å². The summed E-state index contributed by atoms with van der Waals surface area (Å²) in [5.74, 6) is 0.268. The highest BCUT2D eigenvalue weighted by Crippen LogP contribution is 2.31. The molecule has 0 saturated carbocycles. The molecule has 2 rings (SSSR count). The molecule has 0 aliphatic heterocycles. The summed E-state index contributed by atoms with van der Waals surface area (Å²) in [5, 5.41) is 0.372. The van der Waals surface area contributed by atoms with Gasteiger partial charge in [0, 0.05) is 11.1 Å². The molecule has 1 heterocycles. The van der Waals surface area contributed by atoms with Crippen molar-refractivity contribution < 1.29 is 4.39 Å². The molecule has 2 nitrogen and oxygen atoms in total. The first-order valence-electron chi connectivity index (χ1n) is 5.68. The van der Waals surface area contributed by atoms with Crippen LogP contribution in [0.5, 0.6) is 0 Å². The molecule has 18 heavy (non-hydrogen) atoms. The fraction of sp³-hybridized carbons (Fsp3) is 0.286. The largest absolute Gasteiger partial charge is 0.233 e. The Morgan fingerprint density at radius 2 is 1.72 bits per heavy atom. The number of aryl methyl sites for hydroxylation is 3. The van der Waals surface area contributed by atoms with E-state index in [9.17, 15) is 4.39 Å². The van der Waals surface area contributed by atoms with E-state index in [2.05, 4.69) is 9.97 Å². The molecule has 0 spiro atoms. The van der Waals surface area contributed by atoms with Crippen molar-refractivity contribution in [2.75, 3.05) is 0 Å². The van der Waals surface area contributed by atoms with Crippen molar-refractivity contribution >= 4 is 11.6 Å². The van der Waals surface area contributed by atoms with Crippen molar-refractivity contribution in [2.24, 2.45) is 0 Å². The van der Waals surface area contributed by atoms with Gasteiger partial charge >= 0.3 is 0 Å². The average Bonchev–Trinajstić information content (AvgIpc) is 2.23. The third-order valence-corrected chi connectivity index (χ3v) is 3.23. The van der Waals surface area contributed by atoms with E-state index in [4.69, 9.17) is 11.6 Å². The van der Waals surface area contributed by atoms with Crippen molar-refractivity contribution in [1.29, 1.82) is 0 Å². The molecule has 0 N–H and O–H groups in total. The fourth-order valence-electron chi connectivity index (χ4n) is 2.05. The lowest BCUT2D eigenvalue weighted by atomic mass is 9.99. The highest BCUT2D eigenvalue weighted by molar-refractivity contribution is 6.30. The highest BCUT2D eigenvalue weighted by Gasteiger charge is 2.16. The van der Waals surface area contributed by atoms with Gasteiger partial charge in [-0.25, -0.2) is 14.4 Å². The molecule has 0 fully saturated rings. The summed E-state index contributed by atoms with van der Waals surface area (Å²) < 4.78 is 14.1. The van der Waals surface area contributed by atoms with Crippen LogP contribution in [0.3, 0.4) is 0 Å². The average molecular weight is 265 g/mol. The minimum absolute atomic E-state index is 0.273. The Kier molecular flexibility index (Phi) is 3.35. The highest BCUT2D eigenvalue weighted by atomic mass is 35.5. The van der Waals surface area contributed by atoms with E-state index in [1.54, 1.807) is 13.8 Å². The Morgan fingerprint density at radius 3 is 2.33 bits per heavy atom. The second kappa shape index (κ2) is 4.65. The van der Waals surface area contributed by atoms with Gasteiger partial charge in [0.05, 0.1) is 5.69 Å². The Morgan fingerprint density at radius 1 is 1.06 bits per heavy atom. The minimum atomic E-state index is -0.273. The number of rotatable bonds is 1. The van der Waals surface area contributed by atoms with Gasteiger partial charge < -0.3 is 0 Å². The molecule has 0 bridgehead atoms. The van der Waals surface area contributed by atoms with Crippen LogP contribution in [0.4, 0.5) is 4.39 Å². The van der Waals surface area contributed by atoms with Gasteiger partial charge in [-0.2, -0.15) is 0 Å². The number of hydrogen-bond acceptors (Lipinski definition) is 2. The molecule has 0 aliphatic carbocycles. The van der Waals surface area contributed by atoms with Crippen LogP contribution >= 0.6 is 11.6 Å². The smallest absolute Gasteiger partial charge is 0.136 e. The first-order chi connectivity index (χ1) is 8.40. The van der Waals surface area contributed by atoms with E-state index in [0.717, 1.165) is 11.1 Å². The summed E-state index contributed by atoms with van der Waals surface area (Å²) in [6.45, 7) is 7.28. The van der Waals surface area contributed by atoms with Crippen LogP contribution < -0.4 is 0 Å². The van der Waals surface area contributed by atoms with Crippen molar-refractivity contribution in [2.45, 2.75) is 27.7 Å². The number of nitrogens with zero attached hydrogens (tertiary/aromatic N) is 2. The van der Waals surface area contributed by atoms with Gasteiger partial charge in [-0.05, 0) is 44.9 Å². The number of halogens is 2. The van der Waals surface area contributed by atoms with E-state index < -0.39 is 0 Å². The van der Waals surface area contributed by atoms with Crippen LogP contribution in [0.25, 0.3) is 11.3 Å². The molecule has 0 amide bonds. The summed E-state index contributed by atoms with van der Waals surface area (Å²) >= 11 is 6.03. The lowest BCUT2D eigenvalue weighted by Gasteiger charge is -2.12. The van der Waals surface area contributed by atoms with Gasteiger partial charge in [-0.3, -0.25) is 0 Å². The fourth-order valence-corrected chi connectivity index (χ4v) is 2.27. The van der Waals surface area contributed by atoms with Gasteiger partial charge in [0.25, 0.3) is 0 Å². The summed E-state index contributed by atoms with van der Waals surface area (Å²) in [6, 6.07) is 3.44. The summed E-state index contributed by atoms with van der Waals surface area (Å²) in [7, 11) is 0. The van der Waals surface area contributed by atoms with Gasteiger partial charge in [0.2, 0.25) is 0 Å². The van der Waals surface area contributed by atoms with E-state index in [-0.39, 0.29) is 5.82 Å². The molecule has 4 heteroatoms. The Balaban J connectivity index is 2.77. The third-order valence-electron chi connectivity index (χ3n) is 2.87. The molecule has 2 aromatic rings. The summed E-state index contributed by atoms with van der Waals surface area (Å²) in [5.41, 5.74) is 3.52. The zero-order valence-electron chi connectivity index (χ0n) is 10.8. The van der Waals surface area contributed by atoms with E-state index >= 15 is 0 Å². The Labute approximate surface area is 111 Å². The van der Waals surface area contributed by atoms with E-state index in [1.807, 2.05) is 19.9 Å². The topological polar surface area (TPSA) is 25.8 Å². The number of hydrogen-bond donors (Lipinski definition) is 0. The second-order valence-corrected chi connectivity index (χ2v) is 4.83. The third kappa shape index (κ3) is 2.23. The predicted molar refractivity (Wildman–Crippen MR) is 71.4 cm³/mol. The maximum Gasteiger partial charge on any atom is 0.136 e. The monoisotopic (exact) mass is 264 g/mol. The molecule has 0 aliphatic rings. The predicted octanol–water partition coefficient (Wildman–Crippen LogP) is 4.17. The summed E-state index contributed by atoms with van der Waals surface area (Å²) in [4.78, 5) is 8.39. The van der Waals surface area contributed by atoms with Gasteiger partial charge in [0.15, 0.2) is 0 Å². The molecule has 94 valence electrons. The number of benzene rings is 1. The van der Waals surface area contributed by atoms with Crippen LogP contribution in [0.2, 0.25) is 5.15 Å². The lowest BCUT2D eigenvalue weighted by molar-refractivity contribution is 0.628. The van der Waals surface area contributed by atoms with E-state index in [0.29, 0.717) is 27.8 Å². The standard InChI is InChI=1S/C14H14ClFN2/c1-7-5-8(2)12(11(16)6-7)13-9(3)14(15)18-10(4)17-13/h5-6H,1-4H3. The second-order valence-electron chi connectivity index (χ2n) is 4.47. The molecular weight excluding hydrogens is 251 g/mol. The van der Waals surface area contributed by atoms with Crippen LogP contribution in [-0.2, 0) is 0 Å². The Bertz CT molecular complexity index is 600. The van der Waals surface area contributed by atoms with Crippen LogP contribution in [0, 0.1) is 33.5 Å². The molecular formula is C14H14ClFN2. The molecule has 0 saturated heterocycles. The first-order valence-corrected chi connectivity index (χ1v) is 6.06. The lowest BCUT2D eigenvalue weighted by Crippen LogP contribution is -2.00. The normalized spacial score (nSPS) is 10.8. The van der Waals surface area contributed by atoms with Crippen LogP contribution in [0.1, 0.15) is 22.5 Å². The van der Waals surface area contributed by atoms with Crippen molar-refractivity contribution in [3.63, 3.8) is 0 Å². The maximum absolute atomic E-state index is 14.1. The quantitative estimate of drug-likeness (QED) is 0.723. The van der Waals surface area contributed by atoms with Crippen molar-refractivity contribution in [1.82, 2.24) is 9.97 Å². The minimum Gasteiger partial charge on any atom is -0.233 e.